The summed E-state index contributed by atoms with van der Waals surface area (Å²) in [6, 6.07) is 1.86. The van der Waals surface area contributed by atoms with Crippen molar-refractivity contribution in [2.45, 2.75) is 59.3 Å². The van der Waals surface area contributed by atoms with Gasteiger partial charge in [0.2, 0.25) is 0 Å². The van der Waals surface area contributed by atoms with E-state index in [0.717, 1.165) is 24.1 Å². The predicted molar refractivity (Wildman–Crippen MR) is 75.7 cm³/mol. The van der Waals surface area contributed by atoms with Gasteiger partial charge in [0, 0.05) is 5.69 Å². The molecule has 1 aliphatic rings. The number of rotatable bonds is 2. The minimum Gasteiger partial charge on any atom is -0.478 e. The maximum atomic E-state index is 11.4. The van der Waals surface area contributed by atoms with Gasteiger partial charge in [0.05, 0.1) is 11.3 Å². The van der Waals surface area contributed by atoms with E-state index in [0.29, 0.717) is 17.7 Å². The van der Waals surface area contributed by atoms with Gasteiger partial charge >= 0.3 is 5.97 Å². The topological polar surface area (TPSA) is 50.2 Å². The minimum atomic E-state index is -0.868. The number of nitrogens with zero attached hydrogens (tertiary/aromatic N) is 1. The zero-order valence-corrected chi connectivity index (χ0v) is 12.5. The Morgan fingerprint density at radius 1 is 1.37 bits per heavy atom. The quantitative estimate of drug-likeness (QED) is 0.885. The lowest BCUT2D eigenvalue weighted by molar-refractivity contribution is 0.0694. The summed E-state index contributed by atoms with van der Waals surface area (Å²) < 4.78 is 0. The number of hydrogen-bond acceptors (Lipinski definition) is 2. The highest BCUT2D eigenvalue weighted by atomic mass is 16.4. The monoisotopic (exact) mass is 261 g/mol. The molecule has 1 aromatic heterocycles. The molecule has 0 atom stereocenters. The molecule has 0 aliphatic heterocycles. The fourth-order valence-electron chi connectivity index (χ4n) is 3.58. The molecule has 0 spiro atoms. The summed E-state index contributed by atoms with van der Waals surface area (Å²) in [5.41, 5.74) is 3.48. The first-order valence-electron chi connectivity index (χ1n) is 6.93. The molecule has 1 N–H and O–H groups in total. The second kappa shape index (κ2) is 4.32. The van der Waals surface area contributed by atoms with E-state index in [1.54, 1.807) is 0 Å². The van der Waals surface area contributed by atoms with Crippen molar-refractivity contribution in [3.05, 3.63) is 28.6 Å². The fourth-order valence-corrected chi connectivity index (χ4v) is 3.58. The molecule has 0 unspecified atom stereocenters. The van der Waals surface area contributed by atoms with Gasteiger partial charge in [-0.1, -0.05) is 34.6 Å². The Bertz CT molecular complexity index is 530. The highest BCUT2D eigenvalue weighted by Crippen LogP contribution is 2.45. The van der Waals surface area contributed by atoms with Crippen LogP contribution in [0.1, 0.15) is 68.3 Å². The van der Waals surface area contributed by atoms with Gasteiger partial charge in [-0.15, -0.1) is 0 Å². The van der Waals surface area contributed by atoms with Gasteiger partial charge < -0.3 is 5.11 Å². The van der Waals surface area contributed by atoms with Crippen LogP contribution in [0.25, 0.3) is 0 Å². The van der Waals surface area contributed by atoms with E-state index in [1.807, 2.05) is 13.0 Å². The van der Waals surface area contributed by atoms with Crippen molar-refractivity contribution in [2.24, 2.45) is 5.41 Å². The third kappa shape index (κ3) is 2.51. The Hall–Kier alpha value is -1.38. The van der Waals surface area contributed by atoms with Crippen molar-refractivity contribution in [1.82, 2.24) is 4.98 Å². The molecule has 19 heavy (non-hydrogen) atoms. The molecule has 1 heterocycles. The molecular weight excluding hydrogens is 238 g/mol. The molecular formula is C16H23NO2. The molecule has 3 heteroatoms. The summed E-state index contributed by atoms with van der Waals surface area (Å²) in [6.07, 6.45) is 2.65. The van der Waals surface area contributed by atoms with Crippen molar-refractivity contribution in [3.8, 4) is 0 Å². The zero-order chi connectivity index (χ0) is 14.4. The average Bonchev–Trinajstić information content (AvgIpc) is 2.24. The van der Waals surface area contributed by atoms with Gasteiger partial charge in [-0.3, -0.25) is 4.98 Å². The number of carboxylic acids is 1. The molecule has 0 amide bonds. The minimum absolute atomic E-state index is 0.0133. The third-order valence-electron chi connectivity index (χ3n) is 4.04. The zero-order valence-electron chi connectivity index (χ0n) is 12.5. The Morgan fingerprint density at radius 2 is 2.00 bits per heavy atom. The SMILES string of the molecule is CCc1nc2c(cc1C(=O)O)C(C)(C)CC(C)(C)C2. The summed E-state index contributed by atoms with van der Waals surface area (Å²) in [6.45, 7) is 10.9. The Morgan fingerprint density at radius 3 is 2.53 bits per heavy atom. The number of aromatic nitrogens is 1. The molecule has 2 rings (SSSR count). The molecule has 0 fully saturated rings. The molecule has 104 valence electrons. The van der Waals surface area contributed by atoms with E-state index < -0.39 is 5.97 Å². The summed E-state index contributed by atoms with van der Waals surface area (Å²) >= 11 is 0. The highest BCUT2D eigenvalue weighted by Gasteiger charge is 2.39. The maximum Gasteiger partial charge on any atom is 0.337 e. The normalized spacial score (nSPS) is 19.8. The maximum absolute atomic E-state index is 11.4. The van der Waals surface area contributed by atoms with Crippen LogP contribution < -0.4 is 0 Å². The van der Waals surface area contributed by atoms with Crippen molar-refractivity contribution < 1.29 is 9.90 Å². The second-order valence-corrected chi connectivity index (χ2v) is 7.04. The lowest BCUT2D eigenvalue weighted by Crippen LogP contribution is -2.36. The summed E-state index contributed by atoms with van der Waals surface area (Å²) in [5.74, 6) is -0.868. The Kier molecular flexibility index (Phi) is 3.20. The number of aryl methyl sites for hydroxylation is 1. The van der Waals surface area contributed by atoms with Gasteiger partial charge in [0.25, 0.3) is 0 Å². The number of aromatic carboxylic acids is 1. The van der Waals surface area contributed by atoms with Gasteiger partial charge in [-0.05, 0) is 41.7 Å². The Labute approximate surface area is 115 Å². The van der Waals surface area contributed by atoms with E-state index in [1.165, 1.54) is 0 Å². The van der Waals surface area contributed by atoms with Gasteiger partial charge in [0.1, 0.15) is 0 Å². The van der Waals surface area contributed by atoms with Gasteiger partial charge in [0.15, 0.2) is 0 Å². The van der Waals surface area contributed by atoms with Crippen LogP contribution in [0.2, 0.25) is 0 Å². The van der Waals surface area contributed by atoms with Crippen molar-refractivity contribution in [2.75, 3.05) is 0 Å². The van der Waals surface area contributed by atoms with Crippen molar-refractivity contribution >= 4 is 5.97 Å². The first-order chi connectivity index (χ1) is 8.66. The first kappa shape index (κ1) is 14.0. The molecule has 1 aliphatic carbocycles. The van der Waals surface area contributed by atoms with Crippen LogP contribution in [0, 0.1) is 5.41 Å². The first-order valence-corrected chi connectivity index (χ1v) is 6.93. The van der Waals surface area contributed by atoms with Gasteiger partial charge in [-0.2, -0.15) is 0 Å². The van der Waals surface area contributed by atoms with Gasteiger partial charge in [-0.25, -0.2) is 4.79 Å². The Balaban J connectivity index is 2.65. The predicted octanol–water partition coefficient (Wildman–Crippen LogP) is 3.59. The molecule has 3 nitrogen and oxygen atoms in total. The summed E-state index contributed by atoms with van der Waals surface area (Å²) in [7, 11) is 0. The average molecular weight is 261 g/mol. The van der Waals surface area contributed by atoms with Crippen LogP contribution in [0.4, 0.5) is 0 Å². The molecule has 0 bridgehead atoms. The molecule has 1 aromatic rings. The van der Waals surface area contributed by atoms with Crippen molar-refractivity contribution in [1.29, 1.82) is 0 Å². The van der Waals surface area contributed by atoms with E-state index in [4.69, 9.17) is 0 Å². The highest BCUT2D eigenvalue weighted by molar-refractivity contribution is 5.89. The van der Waals surface area contributed by atoms with Crippen molar-refractivity contribution in [3.63, 3.8) is 0 Å². The lowest BCUT2D eigenvalue weighted by atomic mass is 9.64. The molecule has 0 radical (unpaired) electrons. The third-order valence-corrected chi connectivity index (χ3v) is 4.04. The standard InChI is InChI=1S/C16H23NO2/c1-6-12-10(14(18)19)7-11-13(17-12)8-15(2,3)9-16(11,4)5/h7H,6,8-9H2,1-5H3,(H,18,19). The van der Waals surface area contributed by atoms with Crippen LogP contribution in [0.3, 0.4) is 0 Å². The lowest BCUT2D eigenvalue weighted by Gasteiger charge is -2.42. The van der Waals surface area contributed by atoms with E-state index >= 15 is 0 Å². The second-order valence-electron chi connectivity index (χ2n) is 7.04. The summed E-state index contributed by atoms with van der Waals surface area (Å²) in [4.78, 5) is 16.0. The smallest absolute Gasteiger partial charge is 0.337 e. The molecule has 0 aromatic carbocycles. The number of carboxylic acid groups (broad SMARTS) is 1. The van der Waals surface area contributed by atoms with Crippen LogP contribution in [-0.4, -0.2) is 16.1 Å². The summed E-state index contributed by atoms with van der Waals surface area (Å²) in [5, 5.41) is 9.33. The van der Waals surface area contributed by atoms with Crippen LogP contribution >= 0.6 is 0 Å². The molecule has 0 saturated heterocycles. The number of carbonyl (C=O) groups is 1. The van der Waals surface area contributed by atoms with Crippen LogP contribution in [0.5, 0.6) is 0 Å². The number of pyridine rings is 1. The van der Waals surface area contributed by atoms with E-state index in [9.17, 15) is 9.90 Å². The largest absolute Gasteiger partial charge is 0.478 e. The van der Waals surface area contributed by atoms with E-state index in [-0.39, 0.29) is 10.8 Å². The van der Waals surface area contributed by atoms with E-state index in [2.05, 4.69) is 32.7 Å². The fraction of sp³-hybridized carbons (Fsp3) is 0.625. The molecule has 0 saturated carbocycles. The van der Waals surface area contributed by atoms with Crippen LogP contribution in [-0.2, 0) is 18.3 Å². The number of hydrogen-bond donors (Lipinski definition) is 1. The van der Waals surface area contributed by atoms with Crippen LogP contribution in [0.15, 0.2) is 6.07 Å². The number of fused-ring (bicyclic) bond motifs is 1.